The molecule has 0 atom stereocenters. The van der Waals surface area contributed by atoms with Crippen LogP contribution in [0.15, 0.2) is 24.4 Å². The summed E-state index contributed by atoms with van der Waals surface area (Å²) in [5.41, 5.74) is 0.549. The largest absolute Gasteiger partial charge is 0.346 e. The molecular weight excluding hydrogens is 390 g/mol. The zero-order chi connectivity index (χ0) is 21.8. The van der Waals surface area contributed by atoms with E-state index >= 15 is 0 Å². The predicted molar refractivity (Wildman–Crippen MR) is 110 cm³/mol. The molecule has 162 valence electrons. The van der Waals surface area contributed by atoms with Crippen LogP contribution in [0.25, 0.3) is 11.3 Å². The van der Waals surface area contributed by atoms with Crippen LogP contribution in [0.1, 0.15) is 43.0 Å². The standard InChI is InChI=1S/C22H28F2N4O2/c1-4-5-10-26(2)21(29)15-8-11-28(12-9-15)22(30)18-14-27(3)25-20(18)17-7-6-16(23)13-19(17)24/h6-7,13-15H,4-5,8-12H2,1-3H3. The van der Waals surface area contributed by atoms with Gasteiger partial charge < -0.3 is 9.80 Å². The van der Waals surface area contributed by atoms with Gasteiger partial charge in [-0.1, -0.05) is 13.3 Å². The lowest BCUT2D eigenvalue weighted by molar-refractivity contribution is -0.135. The van der Waals surface area contributed by atoms with Crippen LogP contribution in [0, 0.1) is 17.6 Å². The summed E-state index contributed by atoms with van der Waals surface area (Å²) in [5.74, 6) is -1.66. The number of rotatable bonds is 6. The molecular formula is C22H28F2N4O2. The Kier molecular flexibility index (Phi) is 6.84. The fourth-order valence-electron chi connectivity index (χ4n) is 3.84. The lowest BCUT2D eigenvalue weighted by Crippen LogP contribution is -2.43. The summed E-state index contributed by atoms with van der Waals surface area (Å²) in [5, 5.41) is 4.23. The summed E-state index contributed by atoms with van der Waals surface area (Å²) in [7, 11) is 3.48. The molecule has 0 bridgehead atoms. The average Bonchev–Trinajstić information content (AvgIpc) is 3.12. The molecule has 2 heterocycles. The molecule has 0 spiro atoms. The van der Waals surface area contributed by atoms with Gasteiger partial charge in [-0.15, -0.1) is 0 Å². The van der Waals surface area contributed by atoms with E-state index in [1.165, 1.54) is 10.7 Å². The van der Waals surface area contributed by atoms with Crippen molar-refractivity contribution in [2.45, 2.75) is 32.6 Å². The second-order valence-electron chi connectivity index (χ2n) is 7.87. The Hall–Kier alpha value is -2.77. The van der Waals surface area contributed by atoms with Crippen molar-refractivity contribution < 1.29 is 18.4 Å². The minimum absolute atomic E-state index is 0.0844. The Bertz CT molecular complexity index is 920. The molecule has 0 unspecified atom stereocenters. The highest BCUT2D eigenvalue weighted by molar-refractivity contribution is 6.00. The number of piperidine rings is 1. The lowest BCUT2D eigenvalue weighted by atomic mass is 9.94. The van der Waals surface area contributed by atoms with E-state index in [0.717, 1.165) is 31.5 Å². The van der Waals surface area contributed by atoms with Gasteiger partial charge in [0.15, 0.2) is 0 Å². The van der Waals surface area contributed by atoms with E-state index in [1.54, 1.807) is 23.0 Å². The summed E-state index contributed by atoms with van der Waals surface area (Å²) >= 11 is 0. The van der Waals surface area contributed by atoms with Gasteiger partial charge in [-0.05, 0) is 31.4 Å². The fourth-order valence-corrected chi connectivity index (χ4v) is 3.84. The van der Waals surface area contributed by atoms with Gasteiger partial charge >= 0.3 is 0 Å². The lowest BCUT2D eigenvalue weighted by Gasteiger charge is -2.33. The second kappa shape index (κ2) is 9.36. The highest BCUT2D eigenvalue weighted by Crippen LogP contribution is 2.28. The molecule has 3 rings (SSSR count). The van der Waals surface area contributed by atoms with E-state index in [9.17, 15) is 18.4 Å². The minimum atomic E-state index is -0.762. The van der Waals surface area contributed by atoms with Crippen molar-refractivity contribution in [1.29, 1.82) is 0 Å². The van der Waals surface area contributed by atoms with E-state index in [0.29, 0.717) is 25.9 Å². The summed E-state index contributed by atoms with van der Waals surface area (Å²) in [6.07, 6.45) is 4.76. The molecule has 1 aliphatic heterocycles. The van der Waals surface area contributed by atoms with Gasteiger partial charge in [0.1, 0.15) is 17.3 Å². The minimum Gasteiger partial charge on any atom is -0.346 e. The van der Waals surface area contributed by atoms with E-state index in [1.807, 2.05) is 7.05 Å². The Labute approximate surface area is 175 Å². The van der Waals surface area contributed by atoms with E-state index in [-0.39, 0.29) is 34.6 Å². The third kappa shape index (κ3) is 4.68. The number of aromatic nitrogens is 2. The Balaban J connectivity index is 1.71. The van der Waals surface area contributed by atoms with Crippen LogP contribution in [0.2, 0.25) is 0 Å². The van der Waals surface area contributed by atoms with Gasteiger partial charge in [-0.3, -0.25) is 14.3 Å². The average molecular weight is 418 g/mol. The molecule has 1 saturated heterocycles. The van der Waals surface area contributed by atoms with Crippen LogP contribution in [0.4, 0.5) is 8.78 Å². The van der Waals surface area contributed by atoms with Crippen molar-refractivity contribution in [2.24, 2.45) is 13.0 Å². The van der Waals surface area contributed by atoms with Gasteiger partial charge in [0.2, 0.25) is 5.91 Å². The first-order valence-electron chi connectivity index (χ1n) is 10.3. The van der Waals surface area contributed by atoms with Crippen molar-refractivity contribution in [3.8, 4) is 11.3 Å². The number of likely N-dealkylation sites (tertiary alicyclic amines) is 1. The topological polar surface area (TPSA) is 58.4 Å². The monoisotopic (exact) mass is 418 g/mol. The summed E-state index contributed by atoms with van der Waals surface area (Å²) < 4.78 is 29.0. The maximum absolute atomic E-state index is 14.3. The molecule has 0 N–H and O–H groups in total. The van der Waals surface area contributed by atoms with Crippen LogP contribution < -0.4 is 0 Å². The first kappa shape index (κ1) is 21.9. The Morgan fingerprint density at radius 2 is 1.93 bits per heavy atom. The number of carbonyl (C=O) groups excluding carboxylic acids is 2. The van der Waals surface area contributed by atoms with Crippen LogP contribution in [-0.2, 0) is 11.8 Å². The molecule has 1 aromatic carbocycles. The van der Waals surface area contributed by atoms with Gasteiger partial charge in [0.05, 0.1) is 5.56 Å². The number of aryl methyl sites for hydroxylation is 1. The number of benzene rings is 1. The van der Waals surface area contributed by atoms with Crippen LogP contribution in [0.5, 0.6) is 0 Å². The molecule has 6 nitrogen and oxygen atoms in total. The molecule has 1 aliphatic rings. The molecule has 30 heavy (non-hydrogen) atoms. The van der Waals surface area contributed by atoms with Crippen LogP contribution in [0.3, 0.4) is 0 Å². The molecule has 2 aromatic rings. The van der Waals surface area contributed by atoms with E-state index in [2.05, 4.69) is 12.0 Å². The van der Waals surface area contributed by atoms with Crippen molar-refractivity contribution in [3.63, 3.8) is 0 Å². The van der Waals surface area contributed by atoms with Gasteiger partial charge in [-0.2, -0.15) is 5.10 Å². The molecule has 1 aromatic heterocycles. The first-order valence-corrected chi connectivity index (χ1v) is 10.3. The molecule has 0 radical (unpaired) electrons. The maximum atomic E-state index is 14.3. The van der Waals surface area contributed by atoms with Gasteiger partial charge in [0.25, 0.3) is 5.91 Å². The normalized spacial score (nSPS) is 14.8. The van der Waals surface area contributed by atoms with E-state index in [4.69, 9.17) is 0 Å². The third-order valence-corrected chi connectivity index (χ3v) is 5.60. The Morgan fingerprint density at radius 1 is 1.23 bits per heavy atom. The van der Waals surface area contributed by atoms with Crippen LogP contribution in [-0.4, -0.2) is 58.1 Å². The second-order valence-corrected chi connectivity index (χ2v) is 7.87. The molecule has 1 fully saturated rings. The smallest absolute Gasteiger partial charge is 0.257 e. The highest BCUT2D eigenvalue weighted by Gasteiger charge is 2.31. The van der Waals surface area contributed by atoms with Crippen molar-refractivity contribution in [3.05, 3.63) is 41.6 Å². The van der Waals surface area contributed by atoms with Gasteiger partial charge in [0, 0.05) is 57.5 Å². The molecule has 8 heteroatoms. The van der Waals surface area contributed by atoms with E-state index < -0.39 is 11.6 Å². The molecule has 0 aliphatic carbocycles. The maximum Gasteiger partial charge on any atom is 0.257 e. The zero-order valence-corrected chi connectivity index (χ0v) is 17.7. The number of nitrogens with zero attached hydrogens (tertiary/aromatic N) is 4. The summed E-state index contributed by atoms with van der Waals surface area (Å²) in [4.78, 5) is 29.2. The van der Waals surface area contributed by atoms with Crippen molar-refractivity contribution >= 4 is 11.8 Å². The number of hydrogen-bond donors (Lipinski definition) is 0. The first-order chi connectivity index (χ1) is 14.3. The Morgan fingerprint density at radius 3 is 2.57 bits per heavy atom. The van der Waals surface area contributed by atoms with Crippen molar-refractivity contribution in [1.82, 2.24) is 19.6 Å². The SMILES string of the molecule is CCCCN(C)C(=O)C1CCN(C(=O)c2cn(C)nc2-c2ccc(F)cc2F)CC1. The zero-order valence-electron chi connectivity index (χ0n) is 17.7. The third-order valence-electron chi connectivity index (χ3n) is 5.60. The predicted octanol–water partition coefficient (Wildman–Crippen LogP) is 3.48. The van der Waals surface area contributed by atoms with Gasteiger partial charge in [-0.25, -0.2) is 8.78 Å². The van der Waals surface area contributed by atoms with Crippen molar-refractivity contribution in [2.75, 3.05) is 26.7 Å². The van der Waals surface area contributed by atoms with Crippen LogP contribution >= 0.6 is 0 Å². The quantitative estimate of drug-likeness (QED) is 0.722. The number of halogens is 2. The fraction of sp³-hybridized carbons (Fsp3) is 0.500. The molecule has 2 amide bonds. The number of unbranched alkanes of at least 4 members (excludes halogenated alkanes) is 1. The molecule has 0 saturated carbocycles. The number of amides is 2. The number of carbonyl (C=O) groups is 2. The highest BCUT2D eigenvalue weighted by atomic mass is 19.1. The number of hydrogen-bond acceptors (Lipinski definition) is 3. The summed E-state index contributed by atoms with van der Waals surface area (Å²) in [6.45, 7) is 3.75. The summed E-state index contributed by atoms with van der Waals surface area (Å²) in [6, 6.07) is 3.22.